The van der Waals surface area contributed by atoms with Gasteiger partial charge in [-0.3, -0.25) is 10.1 Å². The Hall–Kier alpha value is -4.61. The van der Waals surface area contributed by atoms with Crippen LogP contribution in [0.1, 0.15) is 12.5 Å². The molecule has 2 aromatic heterocycles. The van der Waals surface area contributed by atoms with Crippen LogP contribution in [-0.2, 0) is 18.1 Å². The van der Waals surface area contributed by atoms with Crippen molar-refractivity contribution in [2.24, 2.45) is 0 Å². The molecule has 0 spiro atoms. The smallest absolute Gasteiger partial charge is 0.305 e. The van der Waals surface area contributed by atoms with E-state index < -0.39 is 24.5 Å². The number of nitrogens with zero attached hydrogens (tertiary/aromatic N) is 4. The molecule has 5 aromatic rings. The molecule has 0 saturated heterocycles. The number of benzene rings is 3. The van der Waals surface area contributed by atoms with Crippen LogP contribution < -0.4 is 9.47 Å². The zero-order valence-electron chi connectivity index (χ0n) is 23.8. The zero-order valence-corrected chi connectivity index (χ0v) is 24.8. The van der Waals surface area contributed by atoms with Gasteiger partial charge in [0.1, 0.15) is 36.8 Å². The Morgan fingerprint density at radius 2 is 1.69 bits per heavy atom. The maximum absolute atomic E-state index is 14.3. The van der Waals surface area contributed by atoms with Crippen LogP contribution in [0.3, 0.4) is 0 Å². The van der Waals surface area contributed by atoms with Crippen molar-refractivity contribution in [3.8, 4) is 28.6 Å². The van der Waals surface area contributed by atoms with Gasteiger partial charge in [-0.25, -0.2) is 9.97 Å². The van der Waals surface area contributed by atoms with E-state index in [-0.39, 0.29) is 24.1 Å². The molecule has 1 atom stereocenters. The highest BCUT2D eigenvalue weighted by Gasteiger charge is 2.25. The van der Waals surface area contributed by atoms with E-state index in [9.17, 15) is 14.5 Å². The second-order valence-corrected chi connectivity index (χ2v) is 16.5. The van der Waals surface area contributed by atoms with Gasteiger partial charge in [-0.05, 0) is 54.4 Å². The molecule has 0 saturated carbocycles. The minimum Gasteiger partial charge on any atom is -0.489 e. The SMILES string of the molecule is CC(OCn1c(-c2ccc(OCc3ccccc3)cc2)cc2c(Oc3ccc([N+](=O)[O-])c(F)c3)ncnc21)[Si](C)(C)C. The van der Waals surface area contributed by atoms with Crippen LogP contribution in [-0.4, -0.2) is 33.3 Å². The maximum Gasteiger partial charge on any atom is 0.305 e. The van der Waals surface area contributed by atoms with Gasteiger partial charge in [-0.15, -0.1) is 0 Å². The van der Waals surface area contributed by atoms with Gasteiger partial charge in [0, 0.05) is 17.9 Å². The number of ether oxygens (including phenoxy) is 3. The van der Waals surface area contributed by atoms with Gasteiger partial charge in [0.2, 0.25) is 11.7 Å². The summed E-state index contributed by atoms with van der Waals surface area (Å²) in [5.74, 6) is 0.00693. The Balaban J connectivity index is 1.48. The van der Waals surface area contributed by atoms with Gasteiger partial charge >= 0.3 is 5.69 Å². The standard InChI is InChI=1S/C31H31FN4O5Si/c1-21(42(2,3)4)40-20-35-29(23-10-12-24(13-11-23)39-18-22-8-6-5-7-9-22)17-26-30(35)33-19-34-31(26)41-25-14-15-28(36(37)38)27(32)16-25/h5-17,19,21H,18,20H2,1-4H3. The van der Waals surface area contributed by atoms with E-state index in [2.05, 4.69) is 36.5 Å². The summed E-state index contributed by atoms with van der Waals surface area (Å²) in [6.07, 6.45) is 1.36. The van der Waals surface area contributed by atoms with Crippen molar-refractivity contribution >= 4 is 24.8 Å². The molecule has 0 aliphatic carbocycles. The fourth-order valence-corrected chi connectivity index (χ4v) is 4.78. The molecule has 0 fully saturated rings. The van der Waals surface area contributed by atoms with E-state index in [4.69, 9.17) is 14.2 Å². The molecule has 0 aliphatic rings. The Morgan fingerprint density at radius 1 is 0.976 bits per heavy atom. The summed E-state index contributed by atoms with van der Waals surface area (Å²) < 4.78 is 34.4. The van der Waals surface area contributed by atoms with Crippen molar-refractivity contribution in [3.63, 3.8) is 0 Å². The van der Waals surface area contributed by atoms with Gasteiger partial charge < -0.3 is 18.8 Å². The molecule has 0 aliphatic heterocycles. The molecule has 42 heavy (non-hydrogen) atoms. The number of hydrogen-bond acceptors (Lipinski definition) is 7. The second kappa shape index (κ2) is 12.1. The average Bonchev–Trinajstić information content (AvgIpc) is 3.34. The summed E-state index contributed by atoms with van der Waals surface area (Å²) in [5.41, 5.74) is 2.82. The first-order valence-corrected chi connectivity index (χ1v) is 17.0. The Morgan fingerprint density at radius 3 is 2.36 bits per heavy atom. The van der Waals surface area contributed by atoms with E-state index in [0.717, 1.165) is 34.7 Å². The third-order valence-corrected chi connectivity index (χ3v) is 9.66. The number of nitro benzene ring substituents is 1. The number of hydrogen-bond donors (Lipinski definition) is 0. The molecule has 3 aromatic carbocycles. The predicted octanol–water partition coefficient (Wildman–Crippen LogP) is 7.76. The van der Waals surface area contributed by atoms with Gasteiger partial charge in [0.15, 0.2) is 0 Å². The van der Waals surface area contributed by atoms with Crippen LogP contribution in [0, 0.1) is 15.9 Å². The highest BCUT2D eigenvalue weighted by Crippen LogP contribution is 2.35. The quantitative estimate of drug-likeness (QED) is 0.0885. The number of rotatable bonds is 11. The van der Waals surface area contributed by atoms with Gasteiger partial charge in [-0.2, -0.15) is 4.39 Å². The van der Waals surface area contributed by atoms with Crippen LogP contribution in [0.25, 0.3) is 22.3 Å². The Kier molecular flexibility index (Phi) is 8.32. The van der Waals surface area contributed by atoms with Gasteiger partial charge in [-0.1, -0.05) is 50.0 Å². The van der Waals surface area contributed by atoms with E-state index >= 15 is 0 Å². The molecule has 0 N–H and O–H groups in total. The fraction of sp³-hybridized carbons (Fsp3) is 0.226. The summed E-state index contributed by atoms with van der Waals surface area (Å²) in [7, 11) is -1.58. The van der Waals surface area contributed by atoms with E-state index in [1.807, 2.05) is 65.2 Å². The van der Waals surface area contributed by atoms with Crippen molar-refractivity contribution in [1.82, 2.24) is 14.5 Å². The second-order valence-electron chi connectivity index (χ2n) is 10.9. The van der Waals surface area contributed by atoms with Crippen LogP contribution in [0.4, 0.5) is 10.1 Å². The minimum absolute atomic E-state index is 0.0796. The van der Waals surface area contributed by atoms with Crippen molar-refractivity contribution < 1.29 is 23.5 Å². The van der Waals surface area contributed by atoms with Gasteiger partial charge in [0.25, 0.3) is 0 Å². The molecule has 2 heterocycles. The van der Waals surface area contributed by atoms with E-state index in [1.54, 1.807) is 0 Å². The molecule has 0 amide bonds. The van der Waals surface area contributed by atoms with E-state index in [1.165, 1.54) is 12.4 Å². The first kappa shape index (κ1) is 28.9. The molecule has 5 rings (SSSR count). The molecule has 0 radical (unpaired) electrons. The molecular formula is C31H31FN4O5Si. The van der Waals surface area contributed by atoms with Gasteiger partial charge in [0.05, 0.1) is 24.1 Å². The van der Waals surface area contributed by atoms with Crippen LogP contribution in [0.2, 0.25) is 19.6 Å². The molecule has 9 nitrogen and oxygen atoms in total. The Bertz CT molecular complexity index is 1710. The lowest BCUT2D eigenvalue weighted by molar-refractivity contribution is -0.387. The first-order chi connectivity index (χ1) is 20.1. The molecular weight excluding hydrogens is 555 g/mol. The monoisotopic (exact) mass is 586 g/mol. The number of halogens is 1. The third kappa shape index (κ3) is 6.48. The fourth-order valence-electron chi connectivity index (χ4n) is 4.20. The first-order valence-electron chi connectivity index (χ1n) is 13.4. The van der Waals surface area contributed by atoms with Crippen molar-refractivity contribution in [3.05, 3.63) is 107 Å². The van der Waals surface area contributed by atoms with E-state index in [0.29, 0.717) is 17.6 Å². The minimum atomic E-state index is -1.58. The van der Waals surface area contributed by atoms with Crippen LogP contribution in [0.15, 0.2) is 85.2 Å². The molecule has 216 valence electrons. The summed E-state index contributed by atoms with van der Waals surface area (Å²) in [4.78, 5) is 19.0. The third-order valence-electron chi connectivity index (χ3n) is 7.06. The average molecular weight is 587 g/mol. The van der Waals surface area contributed by atoms with Crippen LogP contribution >= 0.6 is 0 Å². The molecule has 1 unspecified atom stereocenters. The topological polar surface area (TPSA) is 102 Å². The van der Waals surface area contributed by atoms with Crippen molar-refractivity contribution in [2.45, 2.75) is 45.6 Å². The summed E-state index contributed by atoms with van der Waals surface area (Å²) >= 11 is 0. The lowest BCUT2D eigenvalue weighted by atomic mass is 10.1. The normalized spacial score (nSPS) is 12.3. The molecule has 0 bridgehead atoms. The number of fused-ring (bicyclic) bond motifs is 1. The lowest BCUT2D eigenvalue weighted by Gasteiger charge is -2.26. The lowest BCUT2D eigenvalue weighted by Crippen LogP contribution is -2.38. The zero-order chi connectivity index (χ0) is 29.9. The summed E-state index contributed by atoms with van der Waals surface area (Å²) in [6, 6.07) is 23.0. The van der Waals surface area contributed by atoms with Crippen molar-refractivity contribution in [2.75, 3.05) is 0 Å². The predicted molar refractivity (Wildman–Crippen MR) is 161 cm³/mol. The number of nitro groups is 1. The summed E-state index contributed by atoms with van der Waals surface area (Å²) in [6.45, 7) is 9.54. The Labute approximate surface area is 243 Å². The maximum atomic E-state index is 14.3. The van der Waals surface area contributed by atoms with Crippen LogP contribution in [0.5, 0.6) is 17.4 Å². The molecule has 11 heteroatoms. The number of aromatic nitrogens is 3. The largest absolute Gasteiger partial charge is 0.489 e. The highest BCUT2D eigenvalue weighted by molar-refractivity contribution is 6.77. The summed E-state index contributed by atoms with van der Waals surface area (Å²) in [5, 5.41) is 11.6. The highest BCUT2D eigenvalue weighted by atomic mass is 28.3. The van der Waals surface area contributed by atoms with Crippen molar-refractivity contribution in [1.29, 1.82) is 0 Å².